The molecule has 0 aliphatic heterocycles. The first kappa shape index (κ1) is 15.6. The lowest BCUT2D eigenvalue weighted by Gasteiger charge is -2.09. The summed E-state index contributed by atoms with van der Waals surface area (Å²) in [6, 6.07) is 6.02. The van der Waals surface area contributed by atoms with Crippen LogP contribution in [0.4, 0.5) is 5.69 Å². The molecule has 0 aliphatic carbocycles. The van der Waals surface area contributed by atoms with E-state index in [4.69, 9.17) is 0 Å². The first-order chi connectivity index (χ1) is 10.0. The first-order valence-electron chi connectivity index (χ1n) is 6.89. The monoisotopic (exact) mass is 304 g/mol. The number of anilines is 1. The number of aromatic nitrogens is 3. The van der Waals surface area contributed by atoms with E-state index in [1.54, 1.807) is 0 Å². The number of aryl methyl sites for hydroxylation is 3. The highest BCUT2D eigenvalue weighted by Crippen LogP contribution is 2.19. The zero-order chi connectivity index (χ0) is 15.4. The van der Waals surface area contributed by atoms with Gasteiger partial charge in [0.2, 0.25) is 5.91 Å². The van der Waals surface area contributed by atoms with Crippen LogP contribution < -0.4 is 5.32 Å². The zero-order valence-corrected chi connectivity index (χ0v) is 13.6. The summed E-state index contributed by atoms with van der Waals surface area (Å²) in [5, 5.41) is 11.9. The maximum atomic E-state index is 12.0. The lowest BCUT2D eigenvalue weighted by Crippen LogP contribution is -2.15. The van der Waals surface area contributed by atoms with Crippen LogP contribution in [0.2, 0.25) is 0 Å². The zero-order valence-electron chi connectivity index (χ0n) is 12.8. The topological polar surface area (TPSA) is 59.8 Å². The van der Waals surface area contributed by atoms with Crippen molar-refractivity contribution in [3.8, 4) is 0 Å². The van der Waals surface area contributed by atoms with Gasteiger partial charge in [0.05, 0.1) is 5.75 Å². The Hall–Kier alpha value is -1.82. The van der Waals surface area contributed by atoms with Crippen molar-refractivity contribution in [3.63, 3.8) is 0 Å². The van der Waals surface area contributed by atoms with Gasteiger partial charge in [-0.3, -0.25) is 4.79 Å². The van der Waals surface area contributed by atoms with Crippen molar-refractivity contribution in [1.29, 1.82) is 0 Å². The summed E-state index contributed by atoms with van der Waals surface area (Å²) in [6.07, 6.45) is 0.832. The minimum atomic E-state index is -0.0326. The Balaban J connectivity index is 1.96. The number of hydrogen-bond acceptors (Lipinski definition) is 4. The SMILES string of the molecule is CCc1nnc(SCC(=O)Nc2cc(C)ccc2C)n1C. The molecule has 0 bridgehead atoms. The van der Waals surface area contributed by atoms with Gasteiger partial charge < -0.3 is 9.88 Å². The molecule has 1 aromatic carbocycles. The van der Waals surface area contributed by atoms with E-state index in [-0.39, 0.29) is 5.91 Å². The predicted molar refractivity (Wildman–Crippen MR) is 85.7 cm³/mol. The smallest absolute Gasteiger partial charge is 0.234 e. The largest absolute Gasteiger partial charge is 0.325 e. The molecule has 112 valence electrons. The molecule has 5 nitrogen and oxygen atoms in total. The average molecular weight is 304 g/mol. The summed E-state index contributed by atoms with van der Waals surface area (Å²) in [4.78, 5) is 12.0. The van der Waals surface area contributed by atoms with E-state index in [9.17, 15) is 4.79 Å². The number of benzene rings is 1. The normalized spacial score (nSPS) is 10.7. The highest BCUT2D eigenvalue weighted by Gasteiger charge is 2.11. The Morgan fingerprint density at radius 2 is 2.10 bits per heavy atom. The fourth-order valence-corrected chi connectivity index (χ4v) is 2.70. The fraction of sp³-hybridized carbons (Fsp3) is 0.400. The quantitative estimate of drug-likeness (QED) is 0.863. The van der Waals surface area contributed by atoms with Crippen molar-refractivity contribution < 1.29 is 4.79 Å². The molecule has 2 rings (SSSR count). The Bertz CT molecular complexity index is 651. The number of carbonyl (C=O) groups is 1. The Kier molecular flexibility index (Phi) is 5.01. The van der Waals surface area contributed by atoms with Gasteiger partial charge in [-0.15, -0.1) is 10.2 Å². The molecule has 0 saturated carbocycles. The molecular weight excluding hydrogens is 284 g/mol. The second-order valence-corrected chi connectivity index (χ2v) is 5.91. The third-order valence-electron chi connectivity index (χ3n) is 3.24. The average Bonchev–Trinajstić information content (AvgIpc) is 2.81. The van der Waals surface area contributed by atoms with Crippen molar-refractivity contribution in [3.05, 3.63) is 35.2 Å². The minimum absolute atomic E-state index is 0.0326. The lowest BCUT2D eigenvalue weighted by molar-refractivity contribution is -0.113. The molecule has 0 atom stereocenters. The van der Waals surface area contributed by atoms with Crippen LogP contribution in [0.5, 0.6) is 0 Å². The van der Waals surface area contributed by atoms with E-state index >= 15 is 0 Å². The number of rotatable bonds is 5. The van der Waals surface area contributed by atoms with Crippen molar-refractivity contribution in [1.82, 2.24) is 14.8 Å². The number of carbonyl (C=O) groups excluding carboxylic acids is 1. The Morgan fingerprint density at radius 3 is 2.76 bits per heavy atom. The maximum Gasteiger partial charge on any atom is 0.234 e. The molecule has 1 amide bonds. The third kappa shape index (κ3) is 3.85. The van der Waals surface area contributed by atoms with E-state index in [0.717, 1.165) is 34.2 Å². The van der Waals surface area contributed by atoms with E-state index in [1.807, 2.05) is 50.6 Å². The molecule has 21 heavy (non-hydrogen) atoms. The molecule has 0 spiro atoms. The second-order valence-electron chi connectivity index (χ2n) is 4.97. The van der Waals surface area contributed by atoms with Gasteiger partial charge in [-0.2, -0.15) is 0 Å². The van der Waals surface area contributed by atoms with Crippen LogP contribution in [0.25, 0.3) is 0 Å². The van der Waals surface area contributed by atoms with Crippen LogP contribution in [0.15, 0.2) is 23.4 Å². The van der Waals surface area contributed by atoms with Crippen LogP contribution in [-0.4, -0.2) is 26.4 Å². The Morgan fingerprint density at radius 1 is 1.33 bits per heavy atom. The summed E-state index contributed by atoms with van der Waals surface area (Å²) >= 11 is 1.40. The van der Waals surface area contributed by atoms with Crippen LogP contribution in [0.1, 0.15) is 23.9 Å². The summed E-state index contributed by atoms with van der Waals surface area (Å²) in [6.45, 7) is 6.03. The Labute approximate surface area is 129 Å². The van der Waals surface area contributed by atoms with Gasteiger partial charge in [0.15, 0.2) is 5.16 Å². The van der Waals surface area contributed by atoms with Gasteiger partial charge in [-0.25, -0.2) is 0 Å². The van der Waals surface area contributed by atoms with Crippen molar-refractivity contribution >= 4 is 23.4 Å². The lowest BCUT2D eigenvalue weighted by atomic mass is 10.1. The number of thioether (sulfide) groups is 1. The van der Waals surface area contributed by atoms with Gasteiger partial charge in [-0.1, -0.05) is 30.8 Å². The van der Waals surface area contributed by atoms with E-state index < -0.39 is 0 Å². The minimum Gasteiger partial charge on any atom is -0.325 e. The number of amides is 1. The van der Waals surface area contributed by atoms with E-state index in [2.05, 4.69) is 15.5 Å². The third-order valence-corrected chi connectivity index (χ3v) is 4.26. The summed E-state index contributed by atoms with van der Waals surface area (Å²) in [5.41, 5.74) is 3.06. The molecule has 0 aliphatic rings. The molecule has 0 radical (unpaired) electrons. The summed E-state index contributed by atoms with van der Waals surface area (Å²) in [7, 11) is 1.92. The predicted octanol–water partition coefficient (Wildman–Crippen LogP) is 2.73. The molecule has 1 N–H and O–H groups in total. The number of nitrogens with zero attached hydrogens (tertiary/aromatic N) is 3. The van der Waals surface area contributed by atoms with Gasteiger partial charge in [0.1, 0.15) is 5.82 Å². The maximum absolute atomic E-state index is 12.0. The molecule has 1 aromatic heterocycles. The first-order valence-corrected chi connectivity index (χ1v) is 7.88. The van der Waals surface area contributed by atoms with Crippen LogP contribution in [0, 0.1) is 13.8 Å². The van der Waals surface area contributed by atoms with E-state index in [0.29, 0.717) is 5.75 Å². The molecule has 0 saturated heterocycles. The second kappa shape index (κ2) is 6.76. The molecule has 0 fully saturated rings. The molecule has 1 heterocycles. The van der Waals surface area contributed by atoms with Crippen molar-refractivity contribution in [2.75, 3.05) is 11.1 Å². The standard InChI is InChI=1S/C15H20N4OS/c1-5-13-17-18-15(19(13)4)21-9-14(20)16-12-8-10(2)6-7-11(12)3/h6-8H,5,9H2,1-4H3,(H,16,20). The highest BCUT2D eigenvalue weighted by molar-refractivity contribution is 7.99. The molecular formula is C15H20N4OS. The van der Waals surface area contributed by atoms with Crippen LogP contribution in [0.3, 0.4) is 0 Å². The van der Waals surface area contributed by atoms with Gasteiger partial charge in [0.25, 0.3) is 0 Å². The molecule has 0 unspecified atom stereocenters. The van der Waals surface area contributed by atoms with Crippen LogP contribution >= 0.6 is 11.8 Å². The summed E-state index contributed by atoms with van der Waals surface area (Å²) in [5.74, 6) is 1.21. The molecule has 2 aromatic rings. The molecule has 6 heteroatoms. The van der Waals surface area contributed by atoms with Crippen molar-refractivity contribution in [2.24, 2.45) is 7.05 Å². The number of nitrogens with one attached hydrogen (secondary N) is 1. The van der Waals surface area contributed by atoms with E-state index in [1.165, 1.54) is 11.8 Å². The summed E-state index contributed by atoms with van der Waals surface area (Å²) < 4.78 is 1.93. The van der Waals surface area contributed by atoms with Crippen molar-refractivity contribution in [2.45, 2.75) is 32.3 Å². The van der Waals surface area contributed by atoms with Crippen LogP contribution in [-0.2, 0) is 18.3 Å². The fourth-order valence-electron chi connectivity index (χ4n) is 1.97. The van der Waals surface area contributed by atoms with Gasteiger partial charge in [-0.05, 0) is 31.0 Å². The highest BCUT2D eigenvalue weighted by atomic mass is 32.2. The number of hydrogen-bond donors (Lipinski definition) is 1. The van der Waals surface area contributed by atoms with Gasteiger partial charge >= 0.3 is 0 Å². The van der Waals surface area contributed by atoms with Gasteiger partial charge in [0, 0.05) is 19.2 Å².